The van der Waals surface area contributed by atoms with Crippen molar-refractivity contribution in [1.82, 2.24) is 10.6 Å². The highest BCUT2D eigenvalue weighted by atomic mass is 79.9. The zero-order valence-corrected chi connectivity index (χ0v) is 17.4. The van der Waals surface area contributed by atoms with Crippen molar-refractivity contribution in [3.8, 4) is 0 Å². The van der Waals surface area contributed by atoms with Gasteiger partial charge in [0.2, 0.25) is 0 Å². The molecule has 1 aromatic heterocycles. The Balaban J connectivity index is 2.30. The second kappa shape index (κ2) is 8.68. The molecule has 2 rings (SSSR count). The highest BCUT2D eigenvalue weighted by Crippen LogP contribution is 2.25. The maximum atomic E-state index is 12.7. The lowest BCUT2D eigenvalue weighted by atomic mass is 9.80. The van der Waals surface area contributed by atoms with Crippen molar-refractivity contribution in [2.45, 2.75) is 39.3 Å². The van der Waals surface area contributed by atoms with Gasteiger partial charge in [0, 0.05) is 5.38 Å². The summed E-state index contributed by atoms with van der Waals surface area (Å²) in [7, 11) is 0. The van der Waals surface area contributed by atoms with Gasteiger partial charge < -0.3 is 15.7 Å². The number of rotatable bonds is 6. The van der Waals surface area contributed by atoms with Crippen molar-refractivity contribution >= 4 is 39.3 Å². The molecule has 2 amide bonds. The van der Waals surface area contributed by atoms with E-state index in [1.807, 2.05) is 51.1 Å². The summed E-state index contributed by atoms with van der Waals surface area (Å²) in [5.41, 5.74) is 1.22. The molecule has 1 aromatic carbocycles. The van der Waals surface area contributed by atoms with E-state index in [9.17, 15) is 14.7 Å². The maximum absolute atomic E-state index is 12.7. The summed E-state index contributed by atoms with van der Waals surface area (Å²) >= 11 is 4.80. The summed E-state index contributed by atoms with van der Waals surface area (Å²) in [6.07, 6.45) is -0.573. The lowest BCUT2D eigenvalue weighted by molar-refractivity contribution is 0.0901. The van der Waals surface area contributed by atoms with Crippen molar-refractivity contribution in [2.75, 3.05) is 0 Å². The van der Waals surface area contributed by atoms with E-state index in [0.29, 0.717) is 12.0 Å². The van der Waals surface area contributed by atoms with Gasteiger partial charge in [-0.05, 0) is 39.4 Å². The van der Waals surface area contributed by atoms with E-state index >= 15 is 0 Å². The van der Waals surface area contributed by atoms with Crippen molar-refractivity contribution in [3.05, 3.63) is 56.7 Å². The molecule has 140 valence electrons. The van der Waals surface area contributed by atoms with Crippen LogP contribution in [0.5, 0.6) is 0 Å². The molecule has 3 N–H and O–H groups in total. The molecule has 26 heavy (non-hydrogen) atoms. The van der Waals surface area contributed by atoms with E-state index in [1.54, 1.807) is 11.4 Å². The van der Waals surface area contributed by atoms with Gasteiger partial charge in [-0.25, -0.2) is 4.79 Å². The van der Waals surface area contributed by atoms with E-state index in [0.717, 1.165) is 9.35 Å². The minimum absolute atomic E-state index is 0.214. The second-order valence-electron chi connectivity index (χ2n) is 7.20. The van der Waals surface area contributed by atoms with Crippen LogP contribution in [-0.2, 0) is 6.42 Å². The highest BCUT2D eigenvalue weighted by molar-refractivity contribution is 9.11. The van der Waals surface area contributed by atoms with Crippen molar-refractivity contribution in [2.24, 2.45) is 5.41 Å². The molecule has 0 radical (unpaired) electrons. The molecule has 0 aliphatic carbocycles. The fourth-order valence-electron chi connectivity index (χ4n) is 2.85. The molecule has 0 spiro atoms. The van der Waals surface area contributed by atoms with Gasteiger partial charge in [-0.2, -0.15) is 0 Å². The molecule has 1 heterocycles. The number of benzene rings is 1. The van der Waals surface area contributed by atoms with Crippen LogP contribution in [0.2, 0.25) is 0 Å². The average molecular weight is 439 g/mol. The fraction of sp³-hybridized carbons (Fsp3) is 0.368. The second-order valence-corrected chi connectivity index (χ2v) is 9.49. The third kappa shape index (κ3) is 5.85. The van der Waals surface area contributed by atoms with Crippen LogP contribution in [0.15, 0.2) is 45.6 Å². The smallest absolute Gasteiger partial charge is 0.404 e. The normalized spacial score (nSPS) is 13.7. The predicted octanol–water partition coefficient (Wildman–Crippen LogP) is 4.53. The Bertz CT molecular complexity index is 756. The quantitative estimate of drug-likeness (QED) is 0.619. The Kier molecular flexibility index (Phi) is 6.83. The monoisotopic (exact) mass is 438 g/mol. The van der Waals surface area contributed by atoms with Crippen LogP contribution in [0.1, 0.15) is 36.7 Å². The zero-order chi connectivity index (χ0) is 19.3. The first kappa shape index (κ1) is 20.5. The minimum Gasteiger partial charge on any atom is -0.465 e. The topological polar surface area (TPSA) is 78.4 Å². The highest BCUT2D eigenvalue weighted by Gasteiger charge is 2.35. The van der Waals surface area contributed by atoms with E-state index < -0.39 is 12.1 Å². The Morgan fingerprint density at radius 1 is 1.19 bits per heavy atom. The minimum atomic E-state index is -1.10. The summed E-state index contributed by atoms with van der Waals surface area (Å²) < 4.78 is 0.873. The number of halogens is 1. The lowest BCUT2D eigenvalue weighted by Gasteiger charge is -2.37. The van der Waals surface area contributed by atoms with E-state index in [1.165, 1.54) is 11.3 Å². The van der Waals surface area contributed by atoms with Crippen LogP contribution in [-0.4, -0.2) is 29.2 Å². The number of nitrogens with one attached hydrogen (secondary N) is 2. The summed E-state index contributed by atoms with van der Waals surface area (Å²) in [5.74, 6) is -0.214. The molecule has 0 saturated carbocycles. The van der Waals surface area contributed by atoms with Gasteiger partial charge in [0.15, 0.2) is 0 Å². The molecule has 0 aliphatic heterocycles. The summed E-state index contributed by atoms with van der Waals surface area (Å²) in [6.45, 7) is 5.87. The van der Waals surface area contributed by atoms with Gasteiger partial charge in [-0.15, -0.1) is 11.3 Å². The van der Waals surface area contributed by atoms with Crippen LogP contribution in [0.25, 0.3) is 0 Å². The van der Waals surface area contributed by atoms with Crippen molar-refractivity contribution in [1.29, 1.82) is 0 Å². The maximum Gasteiger partial charge on any atom is 0.404 e. The van der Waals surface area contributed by atoms with Crippen LogP contribution in [0.4, 0.5) is 4.79 Å². The van der Waals surface area contributed by atoms with Gasteiger partial charge in [-0.1, -0.05) is 51.1 Å². The van der Waals surface area contributed by atoms with Crippen molar-refractivity contribution in [3.63, 3.8) is 0 Å². The van der Waals surface area contributed by atoms with Gasteiger partial charge >= 0.3 is 6.09 Å². The van der Waals surface area contributed by atoms with Crippen LogP contribution >= 0.6 is 27.3 Å². The number of hydrogen-bond acceptors (Lipinski definition) is 3. The summed E-state index contributed by atoms with van der Waals surface area (Å²) in [5, 5.41) is 16.7. The van der Waals surface area contributed by atoms with E-state index in [4.69, 9.17) is 0 Å². The largest absolute Gasteiger partial charge is 0.465 e. The lowest BCUT2D eigenvalue weighted by Crippen LogP contribution is -2.58. The van der Waals surface area contributed by atoms with Crippen LogP contribution in [0.3, 0.4) is 0 Å². The summed E-state index contributed by atoms with van der Waals surface area (Å²) in [4.78, 5) is 24.0. The molecule has 0 bridgehead atoms. The van der Waals surface area contributed by atoms with E-state index in [2.05, 4.69) is 26.6 Å². The zero-order valence-electron chi connectivity index (χ0n) is 15.0. The molecular formula is C19H23BrN2O3S. The number of amides is 2. The molecule has 0 saturated heterocycles. The average Bonchev–Trinajstić information content (AvgIpc) is 2.98. The SMILES string of the molecule is CC(C)(C)C(NC(=O)O)C(Cc1ccccc1)NC(=O)c1csc(Br)c1. The van der Waals surface area contributed by atoms with Crippen LogP contribution in [0, 0.1) is 5.41 Å². The third-order valence-electron chi connectivity index (χ3n) is 4.06. The Morgan fingerprint density at radius 2 is 1.85 bits per heavy atom. The first-order valence-corrected chi connectivity index (χ1v) is 9.92. The van der Waals surface area contributed by atoms with Gasteiger partial charge in [0.05, 0.1) is 21.4 Å². The van der Waals surface area contributed by atoms with E-state index in [-0.39, 0.29) is 17.4 Å². The molecule has 2 unspecified atom stereocenters. The standard InChI is InChI=1S/C19H23BrN2O3S/c1-19(2,3)16(22-18(24)25)14(9-12-7-5-4-6-8-12)21-17(23)13-10-15(20)26-11-13/h4-8,10-11,14,16,22H,9H2,1-3H3,(H,21,23)(H,24,25). The molecule has 2 aromatic rings. The van der Waals surface area contributed by atoms with Crippen LogP contribution < -0.4 is 10.6 Å². The molecule has 2 atom stereocenters. The fourth-order valence-corrected chi connectivity index (χ4v) is 3.99. The predicted molar refractivity (Wildman–Crippen MR) is 108 cm³/mol. The molecule has 7 heteroatoms. The van der Waals surface area contributed by atoms with Gasteiger partial charge in [0.1, 0.15) is 0 Å². The molecular weight excluding hydrogens is 416 g/mol. The number of carboxylic acid groups (broad SMARTS) is 1. The Hall–Kier alpha value is -1.86. The Labute approximate surface area is 165 Å². The molecule has 0 aliphatic rings. The van der Waals surface area contributed by atoms with Gasteiger partial charge in [-0.3, -0.25) is 4.79 Å². The number of hydrogen-bond donors (Lipinski definition) is 3. The summed E-state index contributed by atoms with van der Waals surface area (Å²) in [6, 6.07) is 10.7. The third-order valence-corrected chi connectivity index (χ3v) is 5.56. The number of carbonyl (C=O) groups excluding carboxylic acids is 1. The number of carbonyl (C=O) groups is 2. The first-order chi connectivity index (χ1) is 12.2. The first-order valence-electron chi connectivity index (χ1n) is 8.25. The number of thiophene rings is 1. The van der Waals surface area contributed by atoms with Gasteiger partial charge in [0.25, 0.3) is 5.91 Å². The molecule has 0 fully saturated rings. The Morgan fingerprint density at radius 3 is 2.35 bits per heavy atom. The van der Waals surface area contributed by atoms with Crippen molar-refractivity contribution < 1.29 is 14.7 Å². The molecule has 5 nitrogen and oxygen atoms in total.